The van der Waals surface area contributed by atoms with Crippen LogP contribution < -0.4 is 5.32 Å². The molecule has 4 nitrogen and oxygen atoms in total. The number of aryl methyl sites for hydroxylation is 2. The lowest BCUT2D eigenvalue weighted by Crippen LogP contribution is -2.50. The molecule has 154 valence electrons. The van der Waals surface area contributed by atoms with Gasteiger partial charge in [0.2, 0.25) is 11.8 Å². The Bertz CT molecular complexity index is 855. The predicted molar refractivity (Wildman–Crippen MR) is 116 cm³/mol. The first-order valence-electron chi connectivity index (χ1n) is 10.6. The molecule has 1 saturated carbocycles. The summed E-state index contributed by atoms with van der Waals surface area (Å²) in [5.74, 6) is -0.0717. The van der Waals surface area contributed by atoms with Gasteiger partial charge in [0.05, 0.1) is 6.42 Å². The molecule has 2 amide bonds. The molecule has 1 aliphatic carbocycles. The van der Waals surface area contributed by atoms with Gasteiger partial charge in [0.1, 0.15) is 6.04 Å². The van der Waals surface area contributed by atoms with Crippen LogP contribution in [0.1, 0.15) is 54.9 Å². The summed E-state index contributed by atoms with van der Waals surface area (Å²) >= 11 is 0. The summed E-state index contributed by atoms with van der Waals surface area (Å²) in [5, 5.41) is 3.15. The van der Waals surface area contributed by atoms with E-state index in [9.17, 15) is 9.59 Å². The maximum atomic E-state index is 13.3. The van der Waals surface area contributed by atoms with Gasteiger partial charge in [-0.15, -0.1) is 0 Å². The molecule has 1 N–H and O–H groups in total. The Morgan fingerprint density at radius 1 is 1.07 bits per heavy atom. The number of nitrogens with zero attached hydrogens (tertiary/aromatic N) is 1. The molecule has 2 aromatic rings. The lowest BCUT2D eigenvalue weighted by atomic mass is 10.0. The zero-order valence-corrected chi connectivity index (χ0v) is 17.8. The van der Waals surface area contributed by atoms with Crippen LogP contribution in [0.2, 0.25) is 0 Å². The summed E-state index contributed by atoms with van der Waals surface area (Å²) in [6.45, 7) is 6.34. The quantitative estimate of drug-likeness (QED) is 0.763. The van der Waals surface area contributed by atoms with Crippen LogP contribution in [0.3, 0.4) is 0 Å². The first kappa shape index (κ1) is 21.1. The van der Waals surface area contributed by atoms with Gasteiger partial charge in [0.25, 0.3) is 0 Å². The van der Waals surface area contributed by atoms with Gasteiger partial charge >= 0.3 is 0 Å². The van der Waals surface area contributed by atoms with Crippen molar-refractivity contribution in [3.63, 3.8) is 0 Å². The molecular weight excluding hydrogens is 360 g/mol. The molecule has 1 atom stereocenters. The highest BCUT2D eigenvalue weighted by Crippen LogP contribution is 2.19. The van der Waals surface area contributed by atoms with Gasteiger partial charge in [0, 0.05) is 12.6 Å². The zero-order valence-electron chi connectivity index (χ0n) is 17.8. The van der Waals surface area contributed by atoms with E-state index in [1.54, 1.807) is 4.90 Å². The van der Waals surface area contributed by atoms with Crippen molar-refractivity contribution in [3.8, 4) is 0 Å². The fourth-order valence-corrected chi connectivity index (χ4v) is 4.05. The topological polar surface area (TPSA) is 49.4 Å². The van der Waals surface area contributed by atoms with Crippen molar-refractivity contribution < 1.29 is 9.59 Å². The van der Waals surface area contributed by atoms with Crippen molar-refractivity contribution in [3.05, 3.63) is 70.8 Å². The second kappa shape index (κ2) is 9.73. The number of amides is 2. The number of rotatable bonds is 7. The third-order valence-electron chi connectivity index (χ3n) is 5.91. The summed E-state index contributed by atoms with van der Waals surface area (Å²) < 4.78 is 0. The van der Waals surface area contributed by atoms with Crippen LogP contribution >= 0.6 is 0 Å². The van der Waals surface area contributed by atoms with Gasteiger partial charge in [-0.3, -0.25) is 9.59 Å². The third-order valence-corrected chi connectivity index (χ3v) is 5.91. The molecule has 29 heavy (non-hydrogen) atoms. The zero-order chi connectivity index (χ0) is 20.8. The van der Waals surface area contributed by atoms with Crippen molar-refractivity contribution in [1.29, 1.82) is 0 Å². The van der Waals surface area contributed by atoms with Crippen LogP contribution in [0.5, 0.6) is 0 Å². The minimum absolute atomic E-state index is 0.0186. The Morgan fingerprint density at radius 3 is 2.48 bits per heavy atom. The van der Waals surface area contributed by atoms with Gasteiger partial charge in [-0.25, -0.2) is 0 Å². The van der Waals surface area contributed by atoms with Crippen LogP contribution in [-0.4, -0.2) is 28.8 Å². The molecular formula is C25H32N2O2. The lowest BCUT2D eigenvalue weighted by molar-refractivity contribution is -0.140. The molecule has 0 heterocycles. The normalized spacial score (nSPS) is 15.1. The largest absolute Gasteiger partial charge is 0.352 e. The Hall–Kier alpha value is -2.62. The van der Waals surface area contributed by atoms with E-state index in [-0.39, 0.29) is 17.9 Å². The molecule has 2 aromatic carbocycles. The molecule has 0 unspecified atom stereocenters. The second-order valence-electron chi connectivity index (χ2n) is 8.28. The molecule has 0 bridgehead atoms. The van der Waals surface area contributed by atoms with Crippen LogP contribution in [0.15, 0.2) is 48.5 Å². The summed E-state index contributed by atoms with van der Waals surface area (Å²) in [7, 11) is 0. The van der Waals surface area contributed by atoms with Crippen molar-refractivity contribution in [1.82, 2.24) is 10.2 Å². The standard InChI is InChI=1S/C25H32N2O2/c1-18-9-8-11-21(15-18)17-27(20(3)25(29)26-23-13-6-7-14-23)24(28)16-22-12-5-4-10-19(22)2/h4-5,8-12,15,20,23H,6-7,13-14,16-17H2,1-3H3,(H,26,29)/t20-/m1/s1. The second-order valence-corrected chi connectivity index (χ2v) is 8.28. The van der Waals surface area contributed by atoms with Crippen LogP contribution in [0, 0.1) is 13.8 Å². The fraction of sp³-hybridized carbons (Fsp3) is 0.440. The van der Waals surface area contributed by atoms with Gasteiger partial charge in [-0.05, 0) is 50.3 Å². The number of nitrogens with one attached hydrogen (secondary N) is 1. The molecule has 0 aliphatic heterocycles. The minimum atomic E-state index is -0.507. The van der Waals surface area contributed by atoms with Gasteiger partial charge in [-0.2, -0.15) is 0 Å². The van der Waals surface area contributed by atoms with Gasteiger partial charge < -0.3 is 10.2 Å². The maximum Gasteiger partial charge on any atom is 0.242 e. The van der Waals surface area contributed by atoms with E-state index in [2.05, 4.69) is 11.4 Å². The molecule has 1 fully saturated rings. The third kappa shape index (κ3) is 5.69. The minimum Gasteiger partial charge on any atom is -0.352 e. The highest BCUT2D eigenvalue weighted by Gasteiger charge is 2.28. The molecule has 0 aromatic heterocycles. The Morgan fingerprint density at radius 2 is 1.79 bits per heavy atom. The van der Waals surface area contributed by atoms with E-state index >= 15 is 0 Å². The van der Waals surface area contributed by atoms with Crippen molar-refractivity contribution in [2.24, 2.45) is 0 Å². The lowest BCUT2D eigenvalue weighted by Gasteiger charge is -2.30. The van der Waals surface area contributed by atoms with E-state index in [1.807, 2.05) is 63.2 Å². The molecule has 0 radical (unpaired) electrons. The monoisotopic (exact) mass is 392 g/mol. The average molecular weight is 393 g/mol. The highest BCUT2D eigenvalue weighted by molar-refractivity contribution is 5.88. The average Bonchev–Trinajstić information content (AvgIpc) is 3.20. The van der Waals surface area contributed by atoms with Crippen molar-refractivity contribution in [2.75, 3.05) is 0 Å². The summed E-state index contributed by atoms with van der Waals surface area (Å²) in [4.78, 5) is 27.9. The SMILES string of the molecule is Cc1cccc(CN(C(=O)Cc2ccccc2C)[C@H](C)C(=O)NC2CCCC2)c1. The molecule has 4 heteroatoms. The first-order valence-corrected chi connectivity index (χ1v) is 10.6. The van der Waals surface area contributed by atoms with E-state index in [0.29, 0.717) is 13.0 Å². The predicted octanol–water partition coefficient (Wildman–Crippen LogP) is 4.32. The fourth-order valence-electron chi connectivity index (χ4n) is 4.05. The van der Waals surface area contributed by atoms with E-state index in [4.69, 9.17) is 0 Å². The molecule has 0 saturated heterocycles. The van der Waals surface area contributed by atoms with Crippen LogP contribution in [0.25, 0.3) is 0 Å². The van der Waals surface area contributed by atoms with Crippen LogP contribution in [-0.2, 0) is 22.6 Å². The van der Waals surface area contributed by atoms with Crippen molar-refractivity contribution >= 4 is 11.8 Å². The Balaban J connectivity index is 1.78. The molecule has 0 spiro atoms. The smallest absolute Gasteiger partial charge is 0.242 e. The number of carbonyl (C=O) groups excluding carboxylic acids is 2. The van der Waals surface area contributed by atoms with E-state index in [0.717, 1.165) is 35.1 Å². The number of hydrogen-bond donors (Lipinski definition) is 1. The van der Waals surface area contributed by atoms with Crippen molar-refractivity contribution in [2.45, 2.75) is 71.5 Å². The summed E-state index contributed by atoms with van der Waals surface area (Å²) in [6, 6.07) is 15.8. The number of benzene rings is 2. The summed E-state index contributed by atoms with van der Waals surface area (Å²) in [6.07, 6.45) is 4.71. The first-order chi connectivity index (χ1) is 13.9. The van der Waals surface area contributed by atoms with Crippen LogP contribution in [0.4, 0.5) is 0 Å². The van der Waals surface area contributed by atoms with Gasteiger partial charge in [-0.1, -0.05) is 66.9 Å². The Kier molecular flexibility index (Phi) is 7.08. The maximum absolute atomic E-state index is 13.3. The van der Waals surface area contributed by atoms with E-state index < -0.39 is 6.04 Å². The molecule has 3 rings (SSSR count). The number of hydrogen-bond acceptors (Lipinski definition) is 2. The Labute approximate surface area is 174 Å². The van der Waals surface area contributed by atoms with E-state index in [1.165, 1.54) is 12.8 Å². The van der Waals surface area contributed by atoms with Gasteiger partial charge in [0.15, 0.2) is 0 Å². The number of carbonyl (C=O) groups is 2. The highest BCUT2D eigenvalue weighted by atomic mass is 16.2. The summed E-state index contributed by atoms with van der Waals surface area (Å²) in [5.41, 5.74) is 4.30. The molecule has 1 aliphatic rings.